The number of hydrogen-bond acceptors (Lipinski definition) is 2. The van der Waals surface area contributed by atoms with Crippen LogP contribution in [-0.2, 0) is 6.54 Å². The summed E-state index contributed by atoms with van der Waals surface area (Å²) < 4.78 is 67.9. The second kappa shape index (κ2) is 9.58. The third kappa shape index (κ3) is 5.82. The summed E-state index contributed by atoms with van der Waals surface area (Å²) >= 11 is 0. The van der Waals surface area contributed by atoms with E-state index in [0.29, 0.717) is 17.8 Å². The van der Waals surface area contributed by atoms with Gasteiger partial charge in [-0.2, -0.15) is 13.2 Å². The average Bonchev–Trinajstić information content (AvgIpc) is 2.67. The normalized spacial score (nSPS) is 12.8. The standard InChI is InChI=1S/C22H23F5N2/c1-4-16(22(25,26)27)12-21(29(3)5-2)18-11-10-17(13-20(18)24)28-14-15-8-6-7-9-19(15)23/h4,6-13,28H,5,14H2,1-3H3/b16-4+,21-12-. The van der Waals surface area contributed by atoms with Gasteiger partial charge in [-0.3, -0.25) is 0 Å². The summed E-state index contributed by atoms with van der Waals surface area (Å²) in [5, 5.41) is 2.92. The Bertz CT molecular complexity index is 900. The largest absolute Gasteiger partial charge is 0.416 e. The molecule has 0 saturated heterocycles. The van der Waals surface area contributed by atoms with Crippen LogP contribution in [0.5, 0.6) is 0 Å². The van der Waals surface area contributed by atoms with E-state index in [0.717, 1.165) is 12.2 Å². The molecule has 7 heteroatoms. The van der Waals surface area contributed by atoms with Gasteiger partial charge in [0.25, 0.3) is 0 Å². The van der Waals surface area contributed by atoms with Crippen LogP contribution in [-0.4, -0.2) is 24.7 Å². The van der Waals surface area contributed by atoms with Gasteiger partial charge in [0.15, 0.2) is 0 Å². The van der Waals surface area contributed by atoms with Gasteiger partial charge in [-0.15, -0.1) is 0 Å². The number of halogens is 5. The monoisotopic (exact) mass is 410 g/mol. The topological polar surface area (TPSA) is 15.3 Å². The number of alkyl halides is 3. The van der Waals surface area contributed by atoms with E-state index >= 15 is 0 Å². The molecule has 0 fully saturated rings. The maximum Gasteiger partial charge on any atom is 0.416 e. The Labute approximate surface area is 167 Å². The molecule has 0 aromatic heterocycles. The van der Waals surface area contributed by atoms with Crippen LogP contribution in [0.2, 0.25) is 0 Å². The molecule has 2 aromatic carbocycles. The molecule has 29 heavy (non-hydrogen) atoms. The van der Waals surface area contributed by atoms with E-state index < -0.39 is 17.6 Å². The quantitative estimate of drug-likeness (QED) is 0.421. The van der Waals surface area contributed by atoms with Gasteiger partial charge in [0.05, 0.1) is 5.57 Å². The highest BCUT2D eigenvalue weighted by Crippen LogP contribution is 2.31. The summed E-state index contributed by atoms with van der Waals surface area (Å²) in [6.45, 7) is 3.60. The van der Waals surface area contributed by atoms with Crippen LogP contribution in [0, 0.1) is 11.6 Å². The molecule has 0 spiro atoms. The Balaban J connectivity index is 2.33. The Morgan fingerprint density at radius 2 is 1.76 bits per heavy atom. The fourth-order valence-corrected chi connectivity index (χ4v) is 2.71. The van der Waals surface area contributed by atoms with E-state index in [1.807, 2.05) is 0 Å². The van der Waals surface area contributed by atoms with Crippen molar-refractivity contribution in [2.75, 3.05) is 18.9 Å². The molecule has 0 saturated carbocycles. The fraction of sp³-hybridized carbons (Fsp3) is 0.273. The molecule has 2 rings (SSSR count). The number of nitrogens with one attached hydrogen (secondary N) is 1. The highest BCUT2D eigenvalue weighted by molar-refractivity contribution is 5.69. The predicted octanol–water partition coefficient (Wildman–Crippen LogP) is 6.38. The van der Waals surface area contributed by atoms with Crippen LogP contribution >= 0.6 is 0 Å². The number of benzene rings is 2. The van der Waals surface area contributed by atoms with Crippen molar-refractivity contribution in [2.24, 2.45) is 0 Å². The van der Waals surface area contributed by atoms with Crippen molar-refractivity contribution in [1.29, 1.82) is 0 Å². The van der Waals surface area contributed by atoms with Gasteiger partial charge in [-0.1, -0.05) is 24.3 Å². The summed E-state index contributed by atoms with van der Waals surface area (Å²) in [5.41, 5.74) is 0.140. The van der Waals surface area contributed by atoms with Crippen LogP contribution in [0.3, 0.4) is 0 Å². The van der Waals surface area contributed by atoms with E-state index in [2.05, 4.69) is 5.32 Å². The minimum absolute atomic E-state index is 0.0504. The zero-order chi connectivity index (χ0) is 21.6. The molecule has 0 atom stereocenters. The third-order valence-corrected chi connectivity index (χ3v) is 4.50. The summed E-state index contributed by atoms with van der Waals surface area (Å²) in [4.78, 5) is 1.54. The van der Waals surface area contributed by atoms with E-state index in [4.69, 9.17) is 0 Å². The lowest BCUT2D eigenvalue weighted by atomic mass is 10.1. The maximum atomic E-state index is 14.8. The lowest BCUT2D eigenvalue weighted by Crippen LogP contribution is -2.19. The number of anilines is 1. The molecule has 0 aliphatic heterocycles. The van der Waals surface area contributed by atoms with Crippen LogP contribution in [0.1, 0.15) is 25.0 Å². The van der Waals surface area contributed by atoms with Gasteiger partial charge in [0.2, 0.25) is 0 Å². The molecule has 0 amide bonds. The van der Waals surface area contributed by atoms with Crippen LogP contribution < -0.4 is 5.32 Å². The molecule has 0 bridgehead atoms. The van der Waals surface area contributed by atoms with Crippen LogP contribution in [0.25, 0.3) is 5.70 Å². The van der Waals surface area contributed by atoms with E-state index in [1.54, 1.807) is 43.1 Å². The molecule has 0 heterocycles. The number of rotatable bonds is 7. The molecule has 0 unspecified atom stereocenters. The molecular weight excluding hydrogens is 387 g/mol. The summed E-state index contributed by atoms with van der Waals surface area (Å²) in [6.07, 6.45) is -2.65. The Kier molecular flexibility index (Phi) is 7.42. The first-order chi connectivity index (χ1) is 13.7. The third-order valence-electron chi connectivity index (χ3n) is 4.50. The molecule has 0 radical (unpaired) electrons. The Morgan fingerprint density at radius 3 is 2.31 bits per heavy atom. The highest BCUT2D eigenvalue weighted by atomic mass is 19.4. The van der Waals surface area contributed by atoms with Gasteiger partial charge < -0.3 is 10.2 Å². The maximum absolute atomic E-state index is 14.8. The predicted molar refractivity (Wildman–Crippen MR) is 106 cm³/mol. The molecule has 0 aliphatic rings. The minimum atomic E-state index is -4.54. The SMILES string of the molecule is C/C=C(\C=C(\c1ccc(NCc2ccccc2F)cc1F)N(C)CC)C(F)(F)F. The zero-order valence-electron chi connectivity index (χ0n) is 16.4. The van der Waals surface area contributed by atoms with Crippen molar-refractivity contribution in [3.05, 3.63) is 83.0 Å². The van der Waals surface area contributed by atoms with Crippen molar-refractivity contribution in [3.63, 3.8) is 0 Å². The first-order valence-corrected chi connectivity index (χ1v) is 9.10. The van der Waals surface area contributed by atoms with Gasteiger partial charge in [0.1, 0.15) is 11.6 Å². The van der Waals surface area contributed by atoms with Gasteiger partial charge in [-0.25, -0.2) is 8.78 Å². The number of hydrogen-bond donors (Lipinski definition) is 1. The molecule has 2 nitrogen and oxygen atoms in total. The second-order valence-corrected chi connectivity index (χ2v) is 6.43. The molecule has 156 valence electrons. The fourth-order valence-electron chi connectivity index (χ4n) is 2.71. The van der Waals surface area contributed by atoms with Crippen LogP contribution in [0.15, 0.2) is 60.2 Å². The van der Waals surface area contributed by atoms with Crippen molar-refractivity contribution in [3.8, 4) is 0 Å². The van der Waals surface area contributed by atoms with Gasteiger partial charge >= 0.3 is 6.18 Å². The first kappa shape index (κ1) is 22.5. The lowest BCUT2D eigenvalue weighted by molar-refractivity contribution is -0.0883. The van der Waals surface area contributed by atoms with Crippen molar-refractivity contribution in [2.45, 2.75) is 26.6 Å². The average molecular weight is 410 g/mol. The van der Waals surface area contributed by atoms with E-state index in [9.17, 15) is 22.0 Å². The van der Waals surface area contributed by atoms with Gasteiger partial charge in [0, 0.05) is 42.6 Å². The molecule has 0 aliphatic carbocycles. The molecule has 1 N–H and O–H groups in total. The smallest absolute Gasteiger partial charge is 0.381 e. The minimum Gasteiger partial charge on any atom is -0.381 e. The van der Waals surface area contributed by atoms with Crippen molar-refractivity contribution >= 4 is 11.4 Å². The summed E-state index contributed by atoms with van der Waals surface area (Å²) in [5.74, 6) is -1.05. The first-order valence-electron chi connectivity index (χ1n) is 9.10. The number of nitrogens with zero attached hydrogens (tertiary/aromatic N) is 1. The van der Waals surface area contributed by atoms with Crippen LogP contribution in [0.4, 0.5) is 27.6 Å². The van der Waals surface area contributed by atoms with Crippen molar-refractivity contribution in [1.82, 2.24) is 4.90 Å². The molecular formula is C22H23F5N2. The number of allylic oxidation sites excluding steroid dienone is 3. The zero-order valence-corrected chi connectivity index (χ0v) is 16.4. The lowest BCUT2D eigenvalue weighted by Gasteiger charge is -2.23. The van der Waals surface area contributed by atoms with Gasteiger partial charge in [-0.05, 0) is 44.2 Å². The summed E-state index contributed by atoms with van der Waals surface area (Å²) in [6, 6.07) is 10.4. The van der Waals surface area contributed by atoms with Crippen molar-refractivity contribution < 1.29 is 22.0 Å². The van der Waals surface area contributed by atoms with E-state index in [1.165, 1.54) is 25.1 Å². The van der Waals surface area contributed by atoms with E-state index in [-0.39, 0.29) is 23.6 Å². The highest BCUT2D eigenvalue weighted by Gasteiger charge is 2.32. The second-order valence-electron chi connectivity index (χ2n) is 6.43. The Hall–Kier alpha value is -2.83. The summed E-state index contributed by atoms with van der Waals surface area (Å²) in [7, 11) is 1.60. The molecule has 2 aromatic rings. The Morgan fingerprint density at radius 1 is 1.07 bits per heavy atom.